The van der Waals surface area contributed by atoms with E-state index >= 15 is 0 Å². The zero-order chi connectivity index (χ0) is 10.2. The highest BCUT2D eigenvalue weighted by Crippen LogP contribution is 2.51. The minimum absolute atomic E-state index is 0.524. The van der Waals surface area contributed by atoms with Crippen LogP contribution in [0.15, 0.2) is 12.4 Å². The SMILES string of the molecule is CC1(C)CC1CNc1ncc(I)cn1. The molecule has 3 nitrogen and oxygen atoms in total. The van der Waals surface area contributed by atoms with Gasteiger partial charge in [-0.1, -0.05) is 13.8 Å². The largest absolute Gasteiger partial charge is 0.354 e. The highest BCUT2D eigenvalue weighted by atomic mass is 127. The summed E-state index contributed by atoms with van der Waals surface area (Å²) in [5.74, 6) is 1.53. The smallest absolute Gasteiger partial charge is 0.222 e. The number of hydrogen-bond acceptors (Lipinski definition) is 3. The Labute approximate surface area is 97.9 Å². The number of rotatable bonds is 3. The quantitative estimate of drug-likeness (QED) is 0.872. The van der Waals surface area contributed by atoms with E-state index in [0.29, 0.717) is 5.41 Å². The lowest BCUT2D eigenvalue weighted by molar-refractivity contribution is 0.572. The van der Waals surface area contributed by atoms with Gasteiger partial charge in [0.2, 0.25) is 5.95 Å². The number of anilines is 1. The Hall–Kier alpha value is -0.390. The molecule has 2 rings (SSSR count). The summed E-state index contributed by atoms with van der Waals surface area (Å²) in [6.45, 7) is 5.59. The third kappa shape index (κ3) is 2.34. The zero-order valence-corrected chi connectivity index (χ0v) is 10.6. The van der Waals surface area contributed by atoms with Gasteiger partial charge in [-0.25, -0.2) is 9.97 Å². The Bertz CT molecular complexity index is 321. The normalized spacial score (nSPS) is 23.2. The number of halogens is 1. The molecule has 0 bridgehead atoms. The molecule has 14 heavy (non-hydrogen) atoms. The molecule has 1 unspecified atom stereocenters. The van der Waals surface area contributed by atoms with Gasteiger partial charge in [0.15, 0.2) is 0 Å². The van der Waals surface area contributed by atoms with Crippen molar-refractivity contribution in [1.82, 2.24) is 9.97 Å². The predicted molar refractivity (Wildman–Crippen MR) is 65.1 cm³/mol. The van der Waals surface area contributed by atoms with Crippen LogP contribution >= 0.6 is 22.6 Å². The van der Waals surface area contributed by atoms with Gasteiger partial charge in [0.25, 0.3) is 0 Å². The molecule has 1 aromatic heterocycles. The van der Waals surface area contributed by atoms with Crippen LogP contribution in [-0.4, -0.2) is 16.5 Å². The zero-order valence-electron chi connectivity index (χ0n) is 8.42. The number of aromatic nitrogens is 2. The summed E-state index contributed by atoms with van der Waals surface area (Å²) in [6, 6.07) is 0. The van der Waals surface area contributed by atoms with E-state index in [0.717, 1.165) is 22.0 Å². The third-order valence-corrected chi connectivity index (χ3v) is 3.40. The van der Waals surface area contributed by atoms with E-state index in [2.05, 4.69) is 51.7 Å². The van der Waals surface area contributed by atoms with Gasteiger partial charge >= 0.3 is 0 Å². The highest BCUT2D eigenvalue weighted by Gasteiger charge is 2.45. The molecule has 0 aliphatic heterocycles. The average Bonchev–Trinajstić information content (AvgIpc) is 2.73. The first-order valence-corrected chi connectivity index (χ1v) is 5.87. The van der Waals surface area contributed by atoms with Gasteiger partial charge in [-0.2, -0.15) is 0 Å². The van der Waals surface area contributed by atoms with Gasteiger partial charge in [-0.3, -0.25) is 0 Å². The van der Waals surface area contributed by atoms with Crippen molar-refractivity contribution >= 4 is 28.5 Å². The third-order valence-electron chi connectivity index (χ3n) is 2.84. The summed E-state index contributed by atoms with van der Waals surface area (Å²) in [5, 5.41) is 3.26. The summed E-state index contributed by atoms with van der Waals surface area (Å²) in [6.07, 6.45) is 4.96. The van der Waals surface area contributed by atoms with Crippen molar-refractivity contribution in [3.8, 4) is 0 Å². The molecule has 1 aliphatic carbocycles. The van der Waals surface area contributed by atoms with E-state index in [1.165, 1.54) is 6.42 Å². The van der Waals surface area contributed by atoms with Crippen LogP contribution in [-0.2, 0) is 0 Å². The molecule has 1 N–H and O–H groups in total. The molecular weight excluding hydrogens is 289 g/mol. The molecule has 1 saturated carbocycles. The van der Waals surface area contributed by atoms with Crippen LogP contribution in [0.3, 0.4) is 0 Å². The number of nitrogens with one attached hydrogen (secondary N) is 1. The van der Waals surface area contributed by atoms with Crippen molar-refractivity contribution < 1.29 is 0 Å². The van der Waals surface area contributed by atoms with Crippen LogP contribution in [0.1, 0.15) is 20.3 Å². The van der Waals surface area contributed by atoms with Crippen molar-refractivity contribution in [2.75, 3.05) is 11.9 Å². The molecule has 0 aromatic carbocycles. The molecule has 1 aliphatic rings. The van der Waals surface area contributed by atoms with Crippen molar-refractivity contribution in [1.29, 1.82) is 0 Å². The molecule has 1 atom stereocenters. The van der Waals surface area contributed by atoms with Crippen LogP contribution < -0.4 is 5.32 Å². The van der Waals surface area contributed by atoms with Crippen molar-refractivity contribution in [3.63, 3.8) is 0 Å². The fourth-order valence-corrected chi connectivity index (χ4v) is 1.82. The van der Waals surface area contributed by atoms with Gasteiger partial charge in [-0.05, 0) is 40.3 Å². The summed E-state index contributed by atoms with van der Waals surface area (Å²) in [4.78, 5) is 8.39. The summed E-state index contributed by atoms with van der Waals surface area (Å²) in [7, 11) is 0. The molecule has 4 heteroatoms. The molecule has 0 saturated heterocycles. The minimum atomic E-state index is 0.524. The lowest BCUT2D eigenvalue weighted by Crippen LogP contribution is -2.09. The molecular formula is C10H14IN3. The fraction of sp³-hybridized carbons (Fsp3) is 0.600. The monoisotopic (exact) mass is 303 g/mol. The summed E-state index contributed by atoms with van der Waals surface area (Å²) < 4.78 is 1.07. The number of nitrogens with zero attached hydrogens (tertiary/aromatic N) is 2. The topological polar surface area (TPSA) is 37.8 Å². The second-order valence-electron chi connectivity index (χ2n) is 4.50. The maximum Gasteiger partial charge on any atom is 0.222 e. The van der Waals surface area contributed by atoms with E-state index in [9.17, 15) is 0 Å². The molecule has 0 amide bonds. The Morgan fingerprint density at radius 1 is 1.50 bits per heavy atom. The van der Waals surface area contributed by atoms with Crippen molar-refractivity contribution in [3.05, 3.63) is 16.0 Å². The maximum atomic E-state index is 4.20. The predicted octanol–water partition coefficient (Wildman–Crippen LogP) is 2.54. The average molecular weight is 303 g/mol. The van der Waals surface area contributed by atoms with Crippen molar-refractivity contribution in [2.45, 2.75) is 20.3 Å². The Morgan fingerprint density at radius 2 is 2.07 bits per heavy atom. The van der Waals surface area contributed by atoms with Gasteiger partial charge in [0.1, 0.15) is 0 Å². The Kier molecular flexibility index (Phi) is 2.64. The summed E-state index contributed by atoms with van der Waals surface area (Å²) in [5.41, 5.74) is 0.524. The maximum absolute atomic E-state index is 4.20. The van der Waals surface area contributed by atoms with Gasteiger partial charge in [0, 0.05) is 22.5 Å². The Balaban J connectivity index is 1.84. The van der Waals surface area contributed by atoms with Crippen LogP contribution in [0.5, 0.6) is 0 Å². The first kappa shape index (κ1) is 10.1. The van der Waals surface area contributed by atoms with Crippen LogP contribution in [0.4, 0.5) is 5.95 Å². The fourth-order valence-electron chi connectivity index (χ4n) is 1.54. The van der Waals surface area contributed by atoms with E-state index in [-0.39, 0.29) is 0 Å². The van der Waals surface area contributed by atoms with Gasteiger partial charge in [0.05, 0.1) is 0 Å². The van der Waals surface area contributed by atoms with Crippen molar-refractivity contribution in [2.24, 2.45) is 11.3 Å². The molecule has 1 aromatic rings. The molecule has 0 spiro atoms. The van der Waals surface area contributed by atoms with E-state index in [4.69, 9.17) is 0 Å². The second-order valence-corrected chi connectivity index (χ2v) is 5.74. The Morgan fingerprint density at radius 3 is 2.57 bits per heavy atom. The lowest BCUT2D eigenvalue weighted by atomic mass is 10.1. The first-order chi connectivity index (χ1) is 6.58. The number of hydrogen-bond donors (Lipinski definition) is 1. The van der Waals surface area contributed by atoms with E-state index in [1.54, 1.807) is 0 Å². The highest BCUT2D eigenvalue weighted by molar-refractivity contribution is 14.1. The minimum Gasteiger partial charge on any atom is -0.354 e. The lowest BCUT2D eigenvalue weighted by Gasteiger charge is -2.05. The molecule has 76 valence electrons. The van der Waals surface area contributed by atoms with Crippen LogP contribution in [0.25, 0.3) is 0 Å². The van der Waals surface area contributed by atoms with Gasteiger partial charge in [-0.15, -0.1) is 0 Å². The molecule has 1 fully saturated rings. The van der Waals surface area contributed by atoms with Gasteiger partial charge < -0.3 is 5.32 Å². The van der Waals surface area contributed by atoms with E-state index < -0.39 is 0 Å². The molecule has 1 heterocycles. The van der Waals surface area contributed by atoms with Crippen LogP contribution in [0.2, 0.25) is 0 Å². The summed E-state index contributed by atoms with van der Waals surface area (Å²) >= 11 is 2.20. The molecule has 0 radical (unpaired) electrons. The van der Waals surface area contributed by atoms with Crippen LogP contribution in [0, 0.1) is 14.9 Å². The second kappa shape index (κ2) is 3.64. The standard InChI is InChI=1S/C10H14IN3/c1-10(2)3-7(10)4-12-9-13-5-8(11)6-14-9/h5-7H,3-4H2,1-2H3,(H,12,13,14). The van der Waals surface area contributed by atoms with E-state index in [1.807, 2.05) is 12.4 Å². The first-order valence-electron chi connectivity index (χ1n) is 4.79.